The van der Waals surface area contributed by atoms with Gasteiger partial charge in [-0.15, -0.1) is 12.4 Å². The van der Waals surface area contributed by atoms with Gasteiger partial charge in [0.25, 0.3) is 0 Å². The topological polar surface area (TPSA) is 41.0 Å². The van der Waals surface area contributed by atoms with E-state index < -0.39 is 0 Å². The first-order valence-electron chi connectivity index (χ1n) is 7.09. The summed E-state index contributed by atoms with van der Waals surface area (Å²) >= 11 is 0. The minimum Gasteiger partial charge on any atom is -0.314 e. The Hall–Kier alpha value is -1.49. The van der Waals surface area contributed by atoms with E-state index >= 15 is 0 Å². The van der Waals surface area contributed by atoms with Gasteiger partial charge in [-0.1, -0.05) is 6.07 Å². The Morgan fingerprint density at radius 3 is 2.76 bits per heavy atom. The van der Waals surface area contributed by atoms with Gasteiger partial charge < -0.3 is 5.32 Å². The molecule has 0 radical (unpaired) electrons. The zero-order valence-electron chi connectivity index (χ0n) is 12.2. The Bertz CT molecular complexity index is 544. The van der Waals surface area contributed by atoms with E-state index in [0.717, 1.165) is 31.9 Å². The molecule has 1 unspecified atom stereocenters. The van der Waals surface area contributed by atoms with Crippen LogP contribution in [0.3, 0.4) is 0 Å². The fourth-order valence-corrected chi connectivity index (χ4v) is 2.68. The molecule has 3 rings (SSSR count). The number of piperazine rings is 1. The maximum absolute atomic E-state index is 4.39. The number of nitrogens with one attached hydrogen (secondary N) is 1. The molecule has 2 aromatic heterocycles. The van der Waals surface area contributed by atoms with Crippen molar-refractivity contribution in [1.82, 2.24) is 20.2 Å². The highest BCUT2D eigenvalue weighted by molar-refractivity contribution is 5.85. The van der Waals surface area contributed by atoms with Gasteiger partial charge in [0, 0.05) is 56.5 Å². The maximum Gasteiger partial charge on any atom is 0.0477 e. The highest BCUT2D eigenvalue weighted by atomic mass is 35.5. The van der Waals surface area contributed by atoms with E-state index in [1.165, 1.54) is 11.1 Å². The smallest absolute Gasteiger partial charge is 0.0477 e. The van der Waals surface area contributed by atoms with Gasteiger partial charge in [0.05, 0.1) is 0 Å². The van der Waals surface area contributed by atoms with Crippen LogP contribution in [0.4, 0.5) is 0 Å². The van der Waals surface area contributed by atoms with Crippen molar-refractivity contribution in [3.05, 3.63) is 59.7 Å². The summed E-state index contributed by atoms with van der Waals surface area (Å²) < 4.78 is 0. The molecule has 0 aromatic carbocycles. The standard InChI is InChI=1S/C16H20N4.ClH/c1-13-2-3-14(10-19-13)12-20-9-8-18-11-16(20)15-4-6-17-7-5-15;/h2-7,10,16,18H,8-9,11-12H2,1H3;1H. The molecule has 0 amide bonds. The van der Waals surface area contributed by atoms with E-state index in [1.807, 2.05) is 25.5 Å². The number of halogens is 1. The zero-order chi connectivity index (χ0) is 13.8. The van der Waals surface area contributed by atoms with Crippen molar-refractivity contribution >= 4 is 12.4 Å². The minimum absolute atomic E-state index is 0. The molecule has 4 nitrogen and oxygen atoms in total. The molecule has 5 heteroatoms. The van der Waals surface area contributed by atoms with E-state index in [-0.39, 0.29) is 12.4 Å². The number of rotatable bonds is 3. The summed E-state index contributed by atoms with van der Waals surface area (Å²) in [6.07, 6.45) is 5.73. The van der Waals surface area contributed by atoms with Crippen LogP contribution >= 0.6 is 12.4 Å². The first-order chi connectivity index (χ1) is 9.83. The summed E-state index contributed by atoms with van der Waals surface area (Å²) in [4.78, 5) is 11.0. The van der Waals surface area contributed by atoms with E-state index in [1.54, 1.807) is 0 Å². The predicted octanol–water partition coefficient (Wildman–Crippen LogP) is 2.35. The van der Waals surface area contributed by atoms with Crippen LogP contribution in [0, 0.1) is 6.92 Å². The second-order valence-corrected chi connectivity index (χ2v) is 5.28. The van der Waals surface area contributed by atoms with Gasteiger partial charge in [0.2, 0.25) is 0 Å². The molecule has 1 aliphatic heterocycles. The molecule has 0 spiro atoms. The lowest BCUT2D eigenvalue weighted by Crippen LogP contribution is -2.45. The van der Waals surface area contributed by atoms with E-state index in [0.29, 0.717) is 6.04 Å². The largest absolute Gasteiger partial charge is 0.314 e. The zero-order valence-corrected chi connectivity index (χ0v) is 13.0. The van der Waals surface area contributed by atoms with Gasteiger partial charge >= 0.3 is 0 Å². The normalized spacial score (nSPS) is 19.0. The fraction of sp³-hybridized carbons (Fsp3) is 0.375. The first-order valence-corrected chi connectivity index (χ1v) is 7.09. The second-order valence-electron chi connectivity index (χ2n) is 5.28. The van der Waals surface area contributed by atoms with Crippen LogP contribution in [0.5, 0.6) is 0 Å². The van der Waals surface area contributed by atoms with Crippen LogP contribution in [0.25, 0.3) is 0 Å². The van der Waals surface area contributed by atoms with Gasteiger partial charge in [-0.05, 0) is 36.2 Å². The number of pyridine rings is 2. The Kier molecular flexibility index (Phi) is 5.67. The third-order valence-electron chi connectivity index (χ3n) is 3.80. The second kappa shape index (κ2) is 7.50. The van der Waals surface area contributed by atoms with Gasteiger partial charge in [0.15, 0.2) is 0 Å². The average molecular weight is 305 g/mol. The van der Waals surface area contributed by atoms with Crippen molar-refractivity contribution in [2.45, 2.75) is 19.5 Å². The number of hydrogen-bond donors (Lipinski definition) is 1. The Balaban J connectivity index is 0.00000161. The summed E-state index contributed by atoms with van der Waals surface area (Å²) in [7, 11) is 0. The van der Waals surface area contributed by atoms with Crippen LogP contribution in [0.2, 0.25) is 0 Å². The van der Waals surface area contributed by atoms with E-state index in [2.05, 4.69) is 44.5 Å². The molecule has 3 heterocycles. The number of hydrogen-bond acceptors (Lipinski definition) is 4. The van der Waals surface area contributed by atoms with Crippen molar-refractivity contribution in [3.8, 4) is 0 Å². The van der Waals surface area contributed by atoms with Crippen molar-refractivity contribution in [1.29, 1.82) is 0 Å². The van der Waals surface area contributed by atoms with Crippen LogP contribution in [0.1, 0.15) is 22.9 Å². The lowest BCUT2D eigenvalue weighted by molar-refractivity contribution is 0.153. The molecule has 2 aromatic rings. The lowest BCUT2D eigenvalue weighted by Gasteiger charge is -2.36. The molecule has 1 atom stereocenters. The lowest BCUT2D eigenvalue weighted by atomic mass is 10.0. The molecule has 21 heavy (non-hydrogen) atoms. The summed E-state index contributed by atoms with van der Waals surface area (Å²) in [5.41, 5.74) is 3.67. The minimum atomic E-state index is 0. The fourth-order valence-electron chi connectivity index (χ4n) is 2.68. The summed E-state index contributed by atoms with van der Waals surface area (Å²) in [6, 6.07) is 8.89. The van der Waals surface area contributed by atoms with Crippen molar-refractivity contribution < 1.29 is 0 Å². The van der Waals surface area contributed by atoms with Gasteiger partial charge in [-0.25, -0.2) is 0 Å². The average Bonchev–Trinajstić information content (AvgIpc) is 2.51. The molecule has 1 saturated heterocycles. The van der Waals surface area contributed by atoms with Gasteiger partial charge in [-0.3, -0.25) is 14.9 Å². The molecule has 1 N–H and O–H groups in total. The van der Waals surface area contributed by atoms with Gasteiger partial charge in [0.1, 0.15) is 0 Å². The van der Waals surface area contributed by atoms with Gasteiger partial charge in [-0.2, -0.15) is 0 Å². The highest BCUT2D eigenvalue weighted by Gasteiger charge is 2.23. The quantitative estimate of drug-likeness (QED) is 0.945. The van der Waals surface area contributed by atoms with Crippen LogP contribution in [-0.4, -0.2) is 34.5 Å². The molecule has 1 aliphatic rings. The third-order valence-corrected chi connectivity index (χ3v) is 3.80. The maximum atomic E-state index is 4.39. The highest BCUT2D eigenvalue weighted by Crippen LogP contribution is 2.23. The van der Waals surface area contributed by atoms with Crippen molar-refractivity contribution in [2.75, 3.05) is 19.6 Å². The van der Waals surface area contributed by atoms with E-state index in [4.69, 9.17) is 0 Å². The molecule has 0 saturated carbocycles. The first kappa shape index (κ1) is 15.9. The van der Waals surface area contributed by atoms with E-state index in [9.17, 15) is 0 Å². The number of aromatic nitrogens is 2. The molecule has 1 fully saturated rings. The number of aryl methyl sites for hydroxylation is 1. The Morgan fingerprint density at radius 2 is 2.05 bits per heavy atom. The Morgan fingerprint density at radius 1 is 1.24 bits per heavy atom. The number of nitrogens with zero attached hydrogens (tertiary/aromatic N) is 3. The van der Waals surface area contributed by atoms with Crippen molar-refractivity contribution in [2.24, 2.45) is 0 Å². The molecular formula is C16H21ClN4. The summed E-state index contributed by atoms with van der Waals surface area (Å²) in [5, 5.41) is 3.48. The Labute approximate surface area is 132 Å². The van der Waals surface area contributed by atoms with Crippen LogP contribution in [-0.2, 0) is 6.54 Å². The molecular weight excluding hydrogens is 284 g/mol. The third kappa shape index (κ3) is 4.00. The predicted molar refractivity (Wildman–Crippen MR) is 86.5 cm³/mol. The molecule has 112 valence electrons. The molecule has 0 bridgehead atoms. The molecule has 0 aliphatic carbocycles. The van der Waals surface area contributed by atoms with Crippen molar-refractivity contribution in [3.63, 3.8) is 0 Å². The van der Waals surface area contributed by atoms with Crippen LogP contribution in [0.15, 0.2) is 42.9 Å². The summed E-state index contributed by atoms with van der Waals surface area (Å²) in [6.45, 7) is 6.06. The summed E-state index contributed by atoms with van der Waals surface area (Å²) in [5.74, 6) is 0. The van der Waals surface area contributed by atoms with Crippen LogP contribution < -0.4 is 5.32 Å². The SMILES string of the molecule is Cc1ccc(CN2CCNCC2c2ccncc2)cn1.Cl. The monoisotopic (exact) mass is 304 g/mol.